The van der Waals surface area contributed by atoms with Gasteiger partial charge in [-0.2, -0.15) is 0 Å². The predicted octanol–water partition coefficient (Wildman–Crippen LogP) is 6.20. The highest BCUT2D eigenvalue weighted by molar-refractivity contribution is 9.09. The van der Waals surface area contributed by atoms with Crippen LogP contribution in [0.3, 0.4) is 0 Å². The maximum Gasteiger partial charge on any atom is 0.148 e. The van der Waals surface area contributed by atoms with Crippen LogP contribution in [0.5, 0.6) is 0 Å². The smallest absolute Gasteiger partial charge is 0.148 e. The van der Waals surface area contributed by atoms with Crippen molar-refractivity contribution < 1.29 is 0 Å². The molecule has 140 valence electrons. The number of rotatable bonds is 8. The Morgan fingerprint density at radius 3 is 2.00 bits per heavy atom. The molecule has 4 heteroatoms. The van der Waals surface area contributed by atoms with Crippen LogP contribution in [0.15, 0.2) is 66.9 Å². The third-order valence-electron chi connectivity index (χ3n) is 4.55. The summed E-state index contributed by atoms with van der Waals surface area (Å²) >= 11 is 3.52. The van der Waals surface area contributed by atoms with Gasteiger partial charge in [0.2, 0.25) is 0 Å². The minimum atomic E-state index is 0.376. The molecule has 0 N–H and O–H groups in total. The average Bonchev–Trinajstić information content (AvgIpc) is 2.72. The number of hydrogen-bond acceptors (Lipinski definition) is 3. The first-order valence-electron chi connectivity index (χ1n) is 9.51. The van der Waals surface area contributed by atoms with Gasteiger partial charge in [0, 0.05) is 29.0 Å². The first-order chi connectivity index (χ1) is 13.2. The van der Waals surface area contributed by atoms with Crippen LogP contribution < -0.4 is 4.90 Å². The first kappa shape index (κ1) is 19.6. The number of alkyl halides is 1. The molecule has 0 unspecified atom stereocenters. The fraction of sp³-hybridized carbons (Fsp3) is 0.304. The van der Waals surface area contributed by atoms with Crippen LogP contribution in [0, 0.1) is 0 Å². The molecule has 3 rings (SSSR count). The van der Waals surface area contributed by atoms with Gasteiger partial charge in [-0.3, -0.25) is 4.98 Å². The predicted molar refractivity (Wildman–Crippen MR) is 118 cm³/mol. The fourth-order valence-electron chi connectivity index (χ4n) is 3.14. The Bertz CT molecular complexity index is 835. The minimum Gasteiger partial charge on any atom is -0.353 e. The van der Waals surface area contributed by atoms with Crippen LogP contribution in [-0.4, -0.2) is 27.9 Å². The van der Waals surface area contributed by atoms with Gasteiger partial charge < -0.3 is 4.90 Å². The summed E-state index contributed by atoms with van der Waals surface area (Å²) < 4.78 is 0. The van der Waals surface area contributed by atoms with E-state index >= 15 is 0 Å². The lowest BCUT2D eigenvalue weighted by Gasteiger charge is -2.28. The van der Waals surface area contributed by atoms with Crippen molar-refractivity contribution in [1.82, 2.24) is 9.97 Å². The molecule has 0 fully saturated rings. The van der Waals surface area contributed by atoms with Gasteiger partial charge in [-0.1, -0.05) is 76.6 Å². The number of halogens is 1. The van der Waals surface area contributed by atoms with Crippen molar-refractivity contribution in [2.45, 2.75) is 32.7 Å². The molecule has 0 saturated carbocycles. The van der Waals surface area contributed by atoms with Crippen LogP contribution in [-0.2, 0) is 0 Å². The van der Waals surface area contributed by atoms with Gasteiger partial charge in [0.1, 0.15) is 5.82 Å². The van der Waals surface area contributed by atoms with Gasteiger partial charge in [-0.05, 0) is 26.7 Å². The second kappa shape index (κ2) is 9.65. The molecule has 27 heavy (non-hydrogen) atoms. The van der Waals surface area contributed by atoms with Gasteiger partial charge in [-0.25, -0.2) is 4.98 Å². The van der Waals surface area contributed by atoms with E-state index in [0.717, 1.165) is 53.0 Å². The normalized spacial score (nSPS) is 11.0. The van der Waals surface area contributed by atoms with Gasteiger partial charge in [0.05, 0.1) is 17.6 Å². The third kappa shape index (κ3) is 4.95. The molecule has 1 aromatic heterocycles. The first-order valence-corrected chi connectivity index (χ1v) is 10.6. The largest absolute Gasteiger partial charge is 0.353 e. The Hall–Kier alpha value is -2.20. The molecule has 3 aromatic rings. The molecule has 0 aliphatic heterocycles. The molecule has 0 amide bonds. The zero-order valence-corrected chi connectivity index (χ0v) is 17.6. The second-order valence-electron chi connectivity index (χ2n) is 6.84. The summed E-state index contributed by atoms with van der Waals surface area (Å²) in [7, 11) is 0. The standard InChI is InChI=1S/C23H26BrN3/c1-18(2)27(16-10-9-15-24)21-17-25-22(19-11-5-3-6-12-19)23(26-21)20-13-7-4-8-14-20/h3-8,11-14,17-18H,9-10,15-16H2,1-2H3. The number of unbranched alkanes of at least 4 members (excludes halogenated alkanes) is 1. The van der Waals surface area contributed by atoms with E-state index in [9.17, 15) is 0 Å². The number of nitrogens with zero attached hydrogens (tertiary/aromatic N) is 3. The summed E-state index contributed by atoms with van der Waals surface area (Å²) in [6, 6.07) is 21.0. The van der Waals surface area contributed by atoms with Crippen LogP contribution in [0.25, 0.3) is 22.5 Å². The second-order valence-corrected chi connectivity index (χ2v) is 7.63. The lowest BCUT2D eigenvalue weighted by atomic mass is 10.0. The highest BCUT2D eigenvalue weighted by Crippen LogP contribution is 2.30. The highest BCUT2D eigenvalue weighted by Gasteiger charge is 2.17. The Kier molecular flexibility index (Phi) is 6.99. The van der Waals surface area contributed by atoms with Gasteiger partial charge >= 0.3 is 0 Å². The maximum atomic E-state index is 5.07. The van der Waals surface area contributed by atoms with Gasteiger partial charge in [0.25, 0.3) is 0 Å². The molecule has 2 aromatic carbocycles. The lowest BCUT2D eigenvalue weighted by molar-refractivity contribution is 0.640. The number of anilines is 1. The van der Waals surface area contributed by atoms with Crippen molar-refractivity contribution in [3.05, 3.63) is 66.9 Å². The monoisotopic (exact) mass is 423 g/mol. The number of hydrogen-bond donors (Lipinski definition) is 0. The van der Waals surface area contributed by atoms with Crippen molar-refractivity contribution in [3.8, 4) is 22.5 Å². The molecule has 0 spiro atoms. The molecule has 0 saturated heterocycles. The summed E-state index contributed by atoms with van der Waals surface area (Å²) in [6.45, 7) is 5.41. The van der Waals surface area contributed by atoms with E-state index in [1.807, 2.05) is 30.5 Å². The highest BCUT2D eigenvalue weighted by atomic mass is 79.9. The Morgan fingerprint density at radius 2 is 1.44 bits per heavy atom. The van der Waals surface area contributed by atoms with Crippen molar-refractivity contribution in [3.63, 3.8) is 0 Å². The molecule has 0 aliphatic rings. The molecule has 1 heterocycles. The van der Waals surface area contributed by atoms with Crippen molar-refractivity contribution >= 4 is 21.7 Å². The van der Waals surface area contributed by atoms with Crippen LogP contribution in [0.2, 0.25) is 0 Å². The molecule has 0 bridgehead atoms. The van der Waals surface area contributed by atoms with E-state index in [2.05, 4.69) is 71.1 Å². The number of benzene rings is 2. The van der Waals surface area contributed by atoms with Crippen LogP contribution in [0.4, 0.5) is 5.82 Å². The Labute approximate surface area is 170 Å². The lowest BCUT2D eigenvalue weighted by Crippen LogP contribution is -2.32. The summed E-state index contributed by atoms with van der Waals surface area (Å²) in [5.41, 5.74) is 4.04. The van der Waals surface area contributed by atoms with Crippen molar-refractivity contribution in [1.29, 1.82) is 0 Å². The Balaban J connectivity index is 2.05. The summed E-state index contributed by atoms with van der Waals surface area (Å²) in [5, 5.41) is 1.03. The van der Waals surface area contributed by atoms with E-state index in [4.69, 9.17) is 9.97 Å². The summed E-state index contributed by atoms with van der Waals surface area (Å²) in [4.78, 5) is 12.3. The quantitative estimate of drug-likeness (QED) is 0.318. The van der Waals surface area contributed by atoms with E-state index in [0.29, 0.717) is 6.04 Å². The van der Waals surface area contributed by atoms with Crippen molar-refractivity contribution in [2.75, 3.05) is 16.8 Å². The van der Waals surface area contributed by atoms with Crippen LogP contribution >= 0.6 is 15.9 Å². The minimum absolute atomic E-state index is 0.376. The fourth-order valence-corrected chi connectivity index (χ4v) is 3.53. The van der Waals surface area contributed by atoms with Gasteiger partial charge in [0.15, 0.2) is 0 Å². The van der Waals surface area contributed by atoms with E-state index < -0.39 is 0 Å². The topological polar surface area (TPSA) is 29.0 Å². The summed E-state index contributed by atoms with van der Waals surface area (Å²) in [6.07, 6.45) is 4.21. The molecule has 3 nitrogen and oxygen atoms in total. The van der Waals surface area contributed by atoms with Crippen molar-refractivity contribution in [2.24, 2.45) is 0 Å². The molecular weight excluding hydrogens is 398 g/mol. The maximum absolute atomic E-state index is 5.07. The average molecular weight is 424 g/mol. The molecule has 0 atom stereocenters. The van der Waals surface area contributed by atoms with E-state index in [-0.39, 0.29) is 0 Å². The summed E-state index contributed by atoms with van der Waals surface area (Å²) in [5.74, 6) is 0.943. The van der Waals surface area contributed by atoms with E-state index in [1.54, 1.807) is 0 Å². The Morgan fingerprint density at radius 1 is 0.852 bits per heavy atom. The van der Waals surface area contributed by atoms with Gasteiger partial charge in [-0.15, -0.1) is 0 Å². The number of aromatic nitrogens is 2. The zero-order chi connectivity index (χ0) is 19.1. The SMILES string of the molecule is CC(C)N(CCCCBr)c1cnc(-c2ccccc2)c(-c2ccccc2)n1. The van der Waals surface area contributed by atoms with E-state index in [1.165, 1.54) is 0 Å². The molecule has 0 aliphatic carbocycles. The molecular formula is C23H26BrN3. The third-order valence-corrected chi connectivity index (χ3v) is 5.12. The zero-order valence-electron chi connectivity index (χ0n) is 16.0. The molecule has 0 radical (unpaired) electrons. The van der Waals surface area contributed by atoms with Crippen LogP contribution in [0.1, 0.15) is 26.7 Å².